The molecular formula is C22H18ClN3OS. The van der Waals surface area contributed by atoms with Gasteiger partial charge in [0.2, 0.25) is 5.91 Å². The van der Waals surface area contributed by atoms with Crippen molar-refractivity contribution in [2.45, 2.75) is 6.42 Å². The third kappa shape index (κ3) is 6.30. The number of aromatic nitrogens is 1. The SMILES string of the molecule is O=C(C=Cc1ccc(Cl)cc1)NC(=S)Nc1ccc(Cc2ccncc2)cc1. The molecule has 0 saturated heterocycles. The van der Waals surface area contributed by atoms with E-state index in [2.05, 4.69) is 15.6 Å². The van der Waals surface area contributed by atoms with Gasteiger partial charge < -0.3 is 5.32 Å². The molecule has 0 unspecified atom stereocenters. The topological polar surface area (TPSA) is 54.0 Å². The maximum Gasteiger partial charge on any atom is 0.250 e. The molecule has 0 radical (unpaired) electrons. The number of rotatable bonds is 5. The fourth-order valence-electron chi connectivity index (χ4n) is 2.50. The van der Waals surface area contributed by atoms with E-state index in [0.717, 1.165) is 17.7 Å². The molecule has 2 aromatic carbocycles. The predicted octanol–water partition coefficient (Wildman–Crippen LogP) is 4.85. The molecule has 0 atom stereocenters. The summed E-state index contributed by atoms with van der Waals surface area (Å²) in [6.45, 7) is 0. The van der Waals surface area contributed by atoms with Crippen LogP contribution in [0.25, 0.3) is 6.08 Å². The lowest BCUT2D eigenvalue weighted by Crippen LogP contribution is -2.32. The molecule has 0 aliphatic carbocycles. The van der Waals surface area contributed by atoms with Gasteiger partial charge in [-0.2, -0.15) is 0 Å². The zero-order chi connectivity index (χ0) is 19.8. The van der Waals surface area contributed by atoms with Gasteiger partial charge in [0.15, 0.2) is 5.11 Å². The van der Waals surface area contributed by atoms with Gasteiger partial charge in [0.05, 0.1) is 0 Å². The summed E-state index contributed by atoms with van der Waals surface area (Å²) in [5.41, 5.74) is 4.07. The van der Waals surface area contributed by atoms with E-state index in [9.17, 15) is 4.79 Å². The zero-order valence-corrected chi connectivity index (χ0v) is 16.5. The van der Waals surface area contributed by atoms with E-state index in [-0.39, 0.29) is 11.0 Å². The number of benzene rings is 2. The minimum atomic E-state index is -0.304. The molecule has 0 bridgehead atoms. The maximum absolute atomic E-state index is 12.0. The van der Waals surface area contributed by atoms with E-state index in [1.54, 1.807) is 30.6 Å². The van der Waals surface area contributed by atoms with Gasteiger partial charge in [-0.1, -0.05) is 35.9 Å². The summed E-state index contributed by atoms with van der Waals surface area (Å²) in [7, 11) is 0. The van der Waals surface area contributed by atoms with Gasteiger partial charge in [-0.15, -0.1) is 0 Å². The second-order valence-electron chi connectivity index (χ2n) is 6.06. The molecule has 1 heterocycles. The molecule has 0 spiro atoms. The molecule has 0 fully saturated rings. The molecule has 2 N–H and O–H groups in total. The molecular weight excluding hydrogens is 390 g/mol. The Kier molecular flexibility index (Phi) is 6.89. The standard InChI is InChI=1S/C22H18ClN3OS/c23-19-6-1-16(2-7-19)5-10-21(27)26-22(28)25-20-8-3-17(4-9-20)15-18-11-13-24-14-12-18/h1-14H,15H2,(H2,25,26,27,28). The van der Waals surface area contributed by atoms with Gasteiger partial charge in [0.1, 0.15) is 0 Å². The lowest BCUT2D eigenvalue weighted by Gasteiger charge is -2.09. The van der Waals surface area contributed by atoms with Crippen molar-refractivity contribution < 1.29 is 4.79 Å². The van der Waals surface area contributed by atoms with Gasteiger partial charge in [-0.05, 0) is 77.8 Å². The second kappa shape index (κ2) is 9.78. The Morgan fingerprint density at radius 1 is 0.964 bits per heavy atom. The molecule has 3 rings (SSSR count). The Morgan fingerprint density at radius 3 is 2.29 bits per heavy atom. The highest BCUT2D eigenvalue weighted by atomic mass is 35.5. The minimum Gasteiger partial charge on any atom is -0.332 e. The van der Waals surface area contributed by atoms with Crippen LogP contribution >= 0.6 is 23.8 Å². The summed E-state index contributed by atoms with van der Waals surface area (Å²) in [5, 5.41) is 6.53. The Balaban J connectivity index is 1.50. The van der Waals surface area contributed by atoms with E-state index < -0.39 is 0 Å². The van der Waals surface area contributed by atoms with Gasteiger partial charge in [-0.25, -0.2) is 0 Å². The predicted molar refractivity (Wildman–Crippen MR) is 118 cm³/mol. The van der Waals surface area contributed by atoms with Crippen LogP contribution in [0, 0.1) is 0 Å². The Labute approximate surface area is 174 Å². The van der Waals surface area contributed by atoms with Crippen molar-refractivity contribution in [2.75, 3.05) is 5.32 Å². The molecule has 1 amide bonds. The minimum absolute atomic E-state index is 0.243. The molecule has 140 valence electrons. The fourth-order valence-corrected chi connectivity index (χ4v) is 2.85. The van der Waals surface area contributed by atoms with Crippen LogP contribution in [0.15, 0.2) is 79.1 Å². The highest BCUT2D eigenvalue weighted by molar-refractivity contribution is 7.80. The van der Waals surface area contributed by atoms with Crippen LogP contribution in [-0.4, -0.2) is 16.0 Å². The van der Waals surface area contributed by atoms with Crippen LogP contribution in [0.1, 0.15) is 16.7 Å². The number of hydrogen-bond donors (Lipinski definition) is 2. The third-order valence-electron chi connectivity index (χ3n) is 3.90. The fraction of sp³-hybridized carbons (Fsp3) is 0.0455. The van der Waals surface area contributed by atoms with Gasteiger partial charge >= 0.3 is 0 Å². The molecule has 0 saturated carbocycles. The van der Waals surface area contributed by atoms with E-state index >= 15 is 0 Å². The molecule has 4 nitrogen and oxygen atoms in total. The van der Waals surface area contributed by atoms with E-state index in [4.69, 9.17) is 23.8 Å². The van der Waals surface area contributed by atoms with Crippen LogP contribution in [0.3, 0.4) is 0 Å². The number of hydrogen-bond acceptors (Lipinski definition) is 3. The number of nitrogens with zero attached hydrogens (tertiary/aromatic N) is 1. The summed E-state index contributed by atoms with van der Waals surface area (Å²) in [6.07, 6.45) is 7.53. The first-order valence-corrected chi connectivity index (χ1v) is 9.40. The van der Waals surface area contributed by atoms with Crippen molar-refractivity contribution in [1.29, 1.82) is 0 Å². The van der Waals surface area contributed by atoms with E-state index in [1.165, 1.54) is 17.2 Å². The summed E-state index contributed by atoms with van der Waals surface area (Å²) in [6, 6.07) is 19.1. The van der Waals surface area contributed by atoms with Crippen LogP contribution in [-0.2, 0) is 11.2 Å². The summed E-state index contributed by atoms with van der Waals surface area (Å²) in [4.78, 5) is 16.0. The van der Waals surface area contributed by atoms with Gasteiger partial charge in [0.25, 0.3) is 0 Å². The molecule has 3 aromatic rings. The Bertz CT molecular complexity index is 971. The highest BCUT2D eigenvalue weighted by Gasteiger charge is 2.02. The quantitative estimate of drug-likeness (QED) is 0.468. The van der Waals surface area contributed by atoms with Crippen molar-refractivity contribution in [2.24, 2.45) is 0 Å². The summed E-state index contributed by atoms with van der Waals surface area (Å²) >= 11 is 11.0. The smallest absolute Gasteiger partial charge is 0.250 e. The van der Waals surface area contributed by atoms with E-state index in [0.29, 0.717) is 5.02 Å². The number of carbonyl (C=O) groups is 1. The molecule has 0 aliphatic rings. The molecule has 1 aromatic heterocycles. The van der Waals surface area contributed by atoms with Crippen LogP contribution in [0.4, 0.5) is 5.69 Å². The molecule has 0 aliphatic heterocycles. The van der Waals surface area contributed by atoms with Crippen molar-refractivity contribution in [3.05, 3.63) is 101 Å². The lowest BCUT2D eigenvalue weighted by molar-refractivity contribution is -0.115. The van der Waals surface area contributed by atoms with Gasteiger partial charge in [-0.3, -0.25) is 15.1 Å². The summed E-state index contributed by atoms with van der Waals surface area (Å²) < 4.78 is 0. The van der Waals surface area contributed by atoms with Crippen molar-refractivity contribution in [1.82, 2.24) is 10.3 Å². The number of thiocarbonyl (C=S) groups is 1. The maximum atomic E-state index is 12.0. The van der Waals surface area contributed by atoms with Crippen LogP contribution in [0.2, 0.25) is 5.02 Å². The largest absolute Gasteiger partial charge is 0.332 e. The number of nitrogens with one attached hydrogen (secondary N) is 2. The first kappa shape index (κ1) is 19.7. The summed E-state index contributed by atoms with van der Waals surface area (Å²) in [5.74, 6) is -0.304. The first-order valence-electron chi connectivity index (χ1n) is 8.62. The molecule has 6 heteroatoms. The normalized spacial score (nSPS) is 10.6. The van der Waals surface area contributed by atoms with Crippen molar-refractivity contribution in [3.8, 4) is 0 Å². The van der Waals surface area contributed by atoms with Crippen molar-refractivity contribution >= 4 is 46.6 Å². The third-order valence-corrected chi connectivity index (χ3v) is 4.36. The number of amides is 1. The molecule has 28 heavy (non-hydrogen) atoms. The lowest BCUT2D eigenvalue weighted by atomic mass is 10.1. The average molecular weight is 408 g/mol. The zero-order valence-electron chi connectivity index (χ0n) is 14.9. The van der Waals surface area contributed by atoms with Crippen molar-refractivity contribution in [3.63, 3.8) is 0 Å². The van der Waals surface area contributed by atoms with Gasteiger partial charge in [0, 0.05) is 29.2 Å². The Hall–Kier alpha value is -3.02. The second-order valence-corrected chi connectivity index (χ2v) is 6.90. The Morgan fingerprint density at radius 2 is 1.61 bits per heavy atom. The average Bonchev–Trinajstić information content (AvgIpc) is 2.70. The van der Waals surface area contributed by atoms with Crippen LogP contribution < -0.4 is 10.6 Å². The monoisotopic (exact) mass is 407 g/mol. The van der Waals surface area contributed by atoms with Crippen LogP contribution in [0.5, 0.6) is 0 Å². The number of pyridine rings is 1. The number of halogens is 1. The first-order chi connectivity index (χ1) is 13.6. The number of carbonyl (C=O) groups excluding carboxylic acids is 1. The number of anilines is 1. The van der Waals surface area contributed by atoms with E-state index in [1.807, 2.05) is 48.5 Å². The highest BCUT2D eigenvalue weighted by Crippen LogP contribution is 2.13.